The van der Waals surface area contributed by atoms with Gasteiger partial charge in [0.15, 0.2) is 0 Å². The SMILES string of the molecule is CC(C)(c1ccc(OCC2CO2)c(-c2ccccc2)c1)c1ccc(OC2CCO2)c(-c2ccccc2)c1. The van der Waals surface area contributed by atoms with E-state index in [4.69, 9.17) is 18.9 Å². The molecule has 4 aromatic rings. The first-order valence-electron chi connectivity index (χ1n) is 13.0. The second-order valence-corrected chi connectivity index (χ2v) is 10.3. The van der Waals surface area contributed by atoms with Crippen LogP contribution < -0.4 is 9.47 Å². The summed E-state index contributed by atoms with van der Waals surface area (Å²) in [6, 6.07) is 34.0. The van der Waals surface area contributed by atoms with Crippen molar-refractivity contribution in [2.24, 2.45) is 0 Å². The van der Waals surface area contributed by atoms with Gasteiger partial charge in [-0.15, -0.1) is 0 Å². The Hall–Kier alpha value is -3.60. The zero-order valence-corrected chi connectivity index (χ0v) is 21.4. The molecule has 2 heterocycles. The minimum atomic E-state index is -0.253. The van der Waals surface area contributed by atoms with E-state index >= 15 is 0 Å². The Morgan fingerprint density at radius 3 is 1.78 bits per heavy atom. The topological polar surface area (TPSA) is 40.2 Å². The van der Waals surface area contributed by atoms with E-state index in [1.54, 1.807) is 0 Å². The van der Waals surface area contributed by atoms with Crippen LogP contribution in [0.15, 0.2) is 97.1 Å². The van der Waals surface area contributed by atoms with Gasteiger partial charge in [-0.05, 0) is 46.5 Å². The third kappa shape index (κ3) is 5.13. The van der Waals surface area contributed by atoms with Crippen LogP contribution in [0.5, 0.6) is 11.5 Å². The van der Waals surface area contributed by atoms with Gasteiger partial charge in [-0.1, -0.05) is 86.6 Å². The fourth-order valence-electron chi connectivity index (χ4n) is 4.72. The highest BCUT2D eigenvalue weighted by molar-refractivity contribution is 5.74. The zero-order chi connectivity index (χ0) is 25.2. The van der Waals surface area contributed by atoms with Crippen LogP contribution in [-0.2, 0) is 14.9 Å². The maximum absolute atomic E-state index is 6.20. The first-order valence-corrected chi connectivity index (χ1v) is 13.0. The Balaban J connectivity index is 1.38. The van der Waals surface area contributed by atoms with Crippen LogP contribution in [0, 0.1) is 0 Å². The number of hydrogen-bond acceptors (Lipinski definition) is 4. The molecular weight excluding hydrogens is 460 g/mol. The molecule has 0 saturated carbocycles. The van der Waals surface area contributed by atoms with Gasteiger partial charge in [-0.25, -0.2) is 0 Å². The summed E-state index contributed by atoms with van der Waals surface area (Å²) in [6.07, 6.45) is 0.968. The number of benzene rings is 4. The van der Waals surface area contributed by atoms with Crippen LogP contribution in [0.1, 0.15) is 31.4 Å². The van der Waals surface area contributed by atoms with Crippen molar-refractivity contribution in [1.29, 1.82) is 0 Å². The highest BCUT2D eigenvalue weighted by Gasteiger charge is 2.28. The van der Waals surface area contributed by atoms with Crippen molar-refractivity contribution in [2.45, 2.75) is 38.1 Å². The van der Waals surface area contributed by atoms with Gasteiger partial charge >= 0.3 is 0 Å². The number of hydrogen-bond donors (Lipinski definition) is 0. The molecule has 188 valence electrons. The zero-order valence-electron chi connectivity index (χ0n) is 21.4. The van der Waals surface area contributed by atoms with Gasteiger partial charge in [-0.3, -0.25) is 0 Å². The van der Waals surface area contributed by atoms with Crippen molar-refractivity contribution in [3.8, 4) is 33.8 Å². The molecule has 4 nitrogen and oxygen atoms in total. The number of ether oxygens (including phenoxy) is 4. The average molecular weight is 493 g/mol. The quantitative estimate of drug-likeness (QED) is 0.231. The number of rotatable bonds is 9. The van der Waals surface area contributed by atoms with Gasteiger partial charge < -0.3 is 18.9 Å². The fraction of sp³-hybridized carbons (Fsp3) is 0.273. The van der Waals surface area contributed by atoms with Crippen LogP contribution in [0.3, 0.4) is 0 Å². The molecule has 2 aliphatic rings. The van der Waals surface area contributed by atoms with E-state index in [-0.39, 0.29) is 17.8 Å². The van der Waals surface area contributed by atoms with E-state index in [0.717, 1.165) is 53.4 Å². The molecule has 2 fully saturated rings. The Labute approximate surface area is 218 Å². The van der Waals surface area contributed by atoms with Gasteiger partial charge in [0.1, 0.15) is 24.2 Å². The van der Waals surface area contributed by atoms with E-state index in [2.05, 4.69) is 98.8 Å². The van der Waals surface area contributed by atoms with E-state index in [1.165, 1.54) is 11.1 Å². The van der Waals surface area contributed by atoms with Crippen molar-refractivity contribution < 1.29 is 18.9 Å². The summed E-state index contributed by atoms with van der Waals surface area (Å²) in [5.41, 5.74) is 6.62. The second-order valence-electron chi connectivity index (χ2n) is 10.3. The van der Waals surface area contributed by atoms with Crippen molar-refractivity contribution in [3.63, 3.8) is 0 Å². The van der Waals surface area contributed by atoms with Crippen LogP contribution in [0.4, 0.5) is 0 Å². The number of epoxide rings is 1. The molecule has 6 rings (SSSR count). The van der Waals surface area contributed by atoms with Gasteiger partial charge in [0.25, 0.3) is 0 Å². The molecule has 0 amide bonds. The lowest BCUT2D eigenvalue weighted by molar-refractivity contribution is -0.165. The van der Waals surface area contributed by atoms with Gasteiger partial charge in [-0.2, -0.15) is 0 Å². The third-order valence-corrected chi connectivity index (χ3v) is 7.31. The monoisotopic (exact) mass is 492 g/mol. The van der Waals surface area contributed by atoms with E-state index in [9.17, 15) is 0 Å². The van der Waals surface area contributed by atoms with Crippen LogP contribution in [-0.4, -0.2) is 32.2 Å². The molecule has 37 heavy (non-hydrogen) atoms. The Bertz CT molecular complexity index is 1360. The molecule has 4 heteroatoms. The molecule has 0 aliphatic carbocycles. The standard InChI is InChI=1S/C33H32O4/c1-33(2,25-13-15-30(36-22-27-21-35-27)28(19-25)23-9-5-3-6-10-23)26-14-16-31(37-32-17-18-34-32)29(20-26)24-11-7-4-8-12-24/h3-16,19-20,27,32H,17-18,21-22H2,1-2H3. The molecule has 2 aliphatic heterocycles. The Kier molecular flexibility index (Phi) is 6.45. The normalized spacial score (nSPS) is 18.6. The van der Waals surface area contributed by atoms with Gasteiger partial charge in [0, 0.05) is 23.0 Å². The molecule has 4 aromatic carbocycles. The van der Waals surface area contributed by atoms with Crippen molar-refractivity contribution >= 4 is 0 Å². The molecule has 0 spiro atoms. The van der Waals surface area contributed by atoms with Crippen LogP contribution in [0.25, 0.3) is 22.3 Å². The first-order chi connectivity index (χ1) is 18.1. The van der Waals surface area contributed by atoms with Gasteiger partial charge in [0.05, 0.1) is 13.2 Å². The van der Waals surface area contributed by atoms with Crippen LogP contribution >= 0.6 is 0 Å². The molecule has 0 aromatic heterocycles. The average Bonchev–Trinajstić information content (AvgIpc) is 3.75. The lowest BCUT2D eigenvalue weighted by Gasteiger charge is -2.30. The van der Waals surface area contributed by atoms with Crippen LogP contribution in [0.2, 0.25) is 0 Å². The first kappa shape index (κ1) is 23.8. The van der Waals surface area contributed by atoms with Crippen molar-refractivity contribution in [1.82, 2.24) is 0 Å². The predicted octanol–water partition coefficient (Wildman–Crippen LogP) is 7.25. The molecule has 0 N–H and O–H groups in total. The van der Waals surface area contributed by atoms with E-state index in [1.807, 2.05) is 12.1 Å². The van der Waals surface area contributed by atoms with E-state index < -0.39 is 0 Å². The second kappa shape index (κ2) is 10.0. The molecule has 0 bridgehead atoms. The third-order valence-electron chi connectivity index (χ3n) is 7.31. The summed E-state index contributed by atoms with van der Waals surface area (Å²) >= 11 is 0. The fourth-order valence-corrected chi connectivity index (χ4v) is 4.72. The van der Waals surface area contributed by atoms with Crippen molar-refractivity contribution in [3.05, 3.63) is 108 Å². The predicted molar refractivity (Wildman–Crippen MR) is 146 cm³/mol. The molecule has 2 unspecified atom stereocenters. The molecule has 2 saturated heterocycles. The summed E-state index contributed by atoms with van der Waals surface area (Å²) in [7, 11) is 0. The summed E-state index contributed by atoms with van der Waals surface area (Å²) in [5.74, 6) is 1.74. The summed E-state index contributed by atoms with van der Waals surface area (Å²) in [5, 5.41) is 0. The van der Waals surface area contributed by atoms with E-state index in [0.29, 0.717) is 6.61 Å². The maximum atomic E-state index is 6.20. The molecule has 0 radical (unpaired) electrons. The summed E-state index contributed by atoms with van der Waals surface area (Å²) in [6.45, 7) is 6.66. The Morgan fingerprint density at radius 2 is 1.27 bits per heavy atom. The summed E-state index contributed by atoms with van der Waals surface area (Å²) < 4.78 is 23.3. The van der Waals surface area contributed by atoms with Gasteiger partial charge in [0.2, 0.25) is 6.29 Å². The highest BCUT2D eigenvalue weighted by atomic mass is 16.7. The Morgan fingerprint density at radius 1 is 0.730 bits per heavy atom. The minimum Gasteiger partial charge on any atom is -0.490 e. The highest BCUT2D eigenvalue weighted by Crippen LogP contribution is 2.41. The lowest BCUT2D eigenvalue weighted by Crippen LogP contribution is -2.32. The lowest BCUT2D eigenvalue weighted by atomic mass is 9.76. The molecular formula is C33H32O4. The minimum absolute atomic E-state index is 0.164. The molecule has 2 atom stereocenters. The summed E-state index contributed by atoms with van der Waals surface area (Å²) in [4.78, 5) is 0. The maximum Gasteiger partial charge on any atom is 0.202 e. The smallest absolute Gasteiger partial charge is 0.202 e. The largest absolute Gasteiger partial charge is 0.490 e. The van der Waals surface area contributed by atoms with Crippen molar-refractivity contribution in [2.75, 3.05) is 19.8 Å².